The molecule has 9 aromatic carbocycles. The molecule has 0 aliphatic carbocycles. The fourth-order valence-corrected chi connectivity index (χ4v) is 13.5. The highest BCUT2D eigenvalue weighted by Crippen LogP contribution is 2.45. The van der Waals surface area contributed by atoms with Crippen molar-refractivity contribution in [3.8, 4) is 73.1 Å². The van der Waals surface area contributed by atoms with Gasteiger partial charge in [-0.25, -0.2) is 0 Å². The van der Waals surface area contributed by atoms with Crippen molar-refractivity contribution in [3.63, 3.8) is 0 Å². The summed E-state index contributed by atoms with van der Waals surface area (Å²) in [4.78, 5) is 4.89. The molecule has 76 heavy (non-hydrogen) atoms. The molecule has 3 heterocycles. The minimum Gasteiger partial charge on any atom is -0.309 e. The number of rotatable bonds is 7. The highest BCUT2D eigenvalue weighted by molar-refractivity contribution is 6.14. The number of fused-ring (bicyclic) bond motifs is 6. The van der Waals surface area contributed by atoms with Gasteiger partial charge in [0, 0.05) is 45.1 Å². The number of aryl methyl sites for hydroxylation is 12. The van der Waals surface area contributed by atoms with E-state index in [0.717, 1.165) is 55.3 Å². The molecule has 0 aliphatic rings. The number of benzene rings is 9. The maximum absolute atomic E-state index is 10.7. The number of aromatic nitrogens is 3. The number of nitrogens with zero attached hydrogens (tertiary/aromatic N) is 4. The van der Waals surface area contributed by atoms with Crippen molar-refractivity contribution in [2.45, 2.75) is 83.1 Å². The Morgan fingerprint density at radius 2 is 0.645 bits per heavy atom. The van der Waals surface area contributed by atoms with Crippen molar-refractivity contribution in [2.75, 3.05) is 0 Å². The van der Waals surface area contributed by atoms with Crippen molar-refractivity contribution >= 4 is 43.6 Å². The third-order valence-corrected chi connectivity index (χ3v) is 16.1. The Morgan fingerprint density at radius 1 is 0.329 bits per heavy atom. The van der Waals surface area contributed by atoms with Crippen molar-refractivity contribution in [3.05, 3.63) is 230 Å². The van der Waals surface area contributed by atoms with E-state index < -0.39 is 0 Å². The Hall–Kier alpha value is -8.78. The molecular formula is C72H62N4. The van der Waals surface area contributed by atoms with E-state index in [4.69, 9.17) is 4.98 Å². The molecule has 3 aromatic heterocycles. The van der Waals surface area contributed by atoms with Crippen molar-refractivity contribution < 1.29 is 0 Å². The third-order valence-electron chi connectivity index (χ3n) is 16.1. The number of hydrogen-bond donors (Lipinski definition) is 0. The van der Waals surface area contributed by atoms with Crippen LogP contribution in [0.2, 0.25) is 0 Å². The van der Waals surface area contributed by atoms with Crippen LogP contribution in [-0.2, 0) is 0 Å². The van der Waals surface area contributed by atoms with Gasteiger partial charge >= 0.3 is 0 Å². The molecule has 0 unspecified atom stereocenters. The lowest BCUT2D eigenvalue weighted by Crippen LogP contribution is -2.02. The molecule has 0 aliphatic heterocycles. The summed E-state index contributed by atoms with van der Waals surface area (Å²) >= 11 is 0. The molecule has 4 heteroatoms. The highest BCUT2D eigenvalue weighted by Gasteiger charge is 2.24. The van der Waals surface area contributed by atoms with Crippen LogP contribution in [0.25, 0.3) is 111 Å². The minimum atomic E-state index is 0.588. The van der Waals surface area contributed by atoms with Crippen LogP contribution in [0.5, 0.6) is 0 Å². The molecule has 0 bridgehead atoms. The first-order chi connectivity index (χ1) is 36.6. The first-order valence-corrected chi connectivity index (χ1v) is 26.6. The molecule has 0 saturated carbocycles. The maximum atomic E-state index is 10.7. The van der Waals surface area contributed by atoms with Crippen LogP contribution in [0.3, 0.4) is 0 Å². The molecule has 4 nitrogen and oxygen atoms in total. The predicted octanol–water partition coefficient (Wildman–Crippen LogP) is 19.2. The minimum absolute atomic E-state index is 0.588. The van der Waals surface area contributed by atoms with Gasteiger partial charge in [0.15, 0.2) is 0 Å². The van der Waals surface area contributed by atoms with Crippen LogP contribution in [0.1, 0.15) is 72.3 Å². The molecule has 0 amide bonds. The predicted molar refractivity (Wildman–Crippen MR) is 322 cm³/mol. The second-order valence-corrected chi connectivity index (χ2v) is 21.9. The van der Waals surface area contributed by atoms with Gasteiger partial charge in [0.25, 0.3) is 0 Å². The second-order valence-electron chi connectivity index (χ2n) is 21.9. The van der Waals surface area contributed by atoms with Gasteiger partial charge in [0.2, 0.25) is 0 Å². The highest BCUT2D eigenvalue weighted by atomic mass is 15.0. The van der Waals surface area contributed by atoms with Crippen LogP contribution < -0.4 is 0 Å². The zero-order valence-electron chi connectivity index (χ0n) is 45.8. The quantitative estimate of drug-likeness (QED) is 0.160. The first-order valence-electron chi connectivity index (χ1n) is 26.6. The van der Waals surface area contributed by atoms with E-state index in [2.05, 4.69) is 238 Å². The lowest BCUT2D eigenvalue weighted by Gasteiger charge is -2.19. The summed E-state index contributed by atoms with van der Waals surface area (Å²) in [6.45, 7) is 26.5. The summed E-state index contributed by atoms with van der Waals surface area (Å²) in [6.07, 6.45) is 3.92. The van der Waals surface area contributed by atoms with E-state index in [1.165, 1.54) is 122 Å². The summed E-state index contributed by atoms with van der Waals surface area (Å²) in [5.41, 5.74) is 33.9. The van der Waals surface area contributed by atoms with Gasteiger partial charge in [0.1, 0.15) is 0 Å². The molecule has 12 rings (SSSR count). The van der Waals surface area contributed by atoms with Gasteiger partial charge in [-0.1, -0.05) is 101 Å². The molecular weight excluding hydrogens is 921 g/mol. The van der Waals surface area contributed by atoms with E-state index >= 15 is 0 Å². The molecule has 0 N–H and O–H groups in total. The van der Waals surface area contributed by atoms with Crippen molar-refractivity contribution in [1.29, 1.82) is 5.26 Å². The average molecular weight is 983 g/mol. The standard InChI is InChI=1S/C72H62N4/c1-40-25-44(5)69(45(6)26-40)53-14-19-63-58(34-53)59-35-54(70-46(7)27-41(2)28-47(70)8)15-20-64(59)75(63)67-23-24-74-39-62(67)57-18-13-52(38-73)33-68(57)76-65-21-16-55(71-48(9)29-42(3)30-49(71)10)36-60(65)61-37-56(17-22-66(61)76)72-50(11)31-43(4)32-51(72)12/h13-37,39H,1-12H3. The largest absolute Gasteiger partial charge is 0.309 e. The van der Waals surface area contributed by atoms with Gasteiger partial charge in [-0.2, -0.15) is 5.26 Å². The average Bonchev–Trinajstić information content (AvgIpc) is 3.93. The van der Waals surface area contributed by atoms with Crippen LogP contribution in [0.15, 0.2) is 158 Å². The second kappa shape index (κ2) is 18.3. The Labute approximate surface area is 447 Å². The zero-order chi connectivity index (χ0) is 53.0. The summed E-state index contributed by atoms with van der Waals surface area (Å²) in [7, 11) is 0. The summed E-state index contributed by atoms with van der Waals surface area (Å²) in [6, 6.07) is 57.1. The Balaban J connectivity index is 1.13. The molecule has 0 spiro atoms. The van der Waals surface area contributed by atoms with E-state index in [0.29, 0.717) is 5.56 Å². The molecule has 0 atom stereocenters. The summed E-state index contributed by atoms with van der Waals surface area (Å²) < 4.78 is 4.82. The van der Waals surface area contributed by atoms with Gasteiger partial charge in [-0.15, -0.1) is 0 Å². The van der Waals surface area contributed by atoms with Gasteiger partial charge in [-0.3, -0.25) is 4.98 Å². The van der Waals surface area contributed by atoms with Crippen LogP contribution in [-0.4, -0.2) is 14.1 Å². The van der Waals surface area contributed by atoms with Crippen molar-refractivity contribution in [2.24, 2.45) is 0 Å². The number of nitriles is 1. The monoisotopic (exact) mass is 982 g/mol. The lowest BCUT2D eigenvalue weighted by molar-refractivity contribution is 1.14. The molecule has 0 radical (unpaired) electrons. The SMILES string of the molecule is Cc1cc(C)c(-c2ccc3c(c2)c2cc(-c4c(C)cc(C)cc4C)ccc2n3-c2ccncc2-c2ccc(C#N)cc2-n2c3ccc(-c4c(C)cc(C)cc4C)cc3c3cc(-c4c(C)cc(C)cc4C)ccc32)c(C)c1. The number of hydrogen-bond acceptors (Lipinski definition) is 2. The Bertz CT molecular complexity index is 4160. The molecule has 370 valence electrons. The third kappa shape index (κ3) is 7.84. The van der Waals surface area contributed by atoms with Crippen LogP contribution >= 0.6 is 0 Å². The Kier molecular flexibility index (Phi) is 11.6. The maximum Gasteiger partial charge on any atom is 0.0992 e. The zero-order valence-corrected chi connectivity index (χ0v) is 45.8. The van der Waals surface area contributed by atoms with E-state index in [1.807, 2.05) is 18.5 Å². The normalized spacial score (nSPS) is 11.7. The smallest absolute Gasteiger partial charge is 0.0992 e. The van der Waals surface area contributed by atoms with Gasteiger partial charge in [-0.05, 0) is 239 Å². The topological polar surface area (TPSA) is 46.5 Å². The Morgan fingerprint density at radius 3 is 0.961 bits per heavy atom. The molecule has 0 fully saturated rings. The van der Waals surface area contributed by atoms with Gasteiger partial charge in [0.05, 0.1) is 45.1 Å². The fraction of sp³-hybridized carbons (Fsp3) is 0.167. The number of pyridine rings is 1. The van der Waals surface area contributed by atoms with Gasteiger partial charge < -0.3 is 9.13 Å². The van der Waals surface area contributed by atoms with Crippen LogP contribution in [0.4, 0.5) is 0 Å². The van der Waals surface area contributed by atoms with Crippen molar-refractivity contribution in [1.82, 2.24) is 14.1 Å². The van der Waals surface area contributed by atoms with E-state index in [-0.39, 0.29) is 0 Å². The summed E-state index contributed by atoms with van der Waals surface area (Å²) in [5.74, 6) is 0. The lowest BCUT2D eigenvalue weighted by atomic mass is 9.91. The molecule has 12 aromatic rings. The van der Waals surface area contributed by atoms with Crippen LogP contribution in [0, 0.1) is 94.4 Å². The summed E-state index contributed by atoms with van der Waals surface area (Å²) in [5, 5.41) is 15.4. The molecule has 0 saturated heterocycles. The first kappa shape index (κ1) is 48.2. The fourth-order valence-electron chi connectivity index (χ4n) is 13.5. The van der Waals surface area contributed by atoms with E-state index in [9.17, 15) is 5.26 Å². The van der Waals surface area contributed by atoms with E-state index in [1.54, 1.807) is 0 Å².